The fraction of sp³-hybridized carbons (Fsp3) is 0.625. The Morgan fingerprint density at radius 3 is 1.80 bits per heavy atom. The van der Waals surface area contributed by atoms with Crippen molar-refractivity contribution in [1.82, 2.24) is 0 Å². The number of carboxylic acids is 1. The Morgan fingerprint density at radius 2 is 1.60 bits per heavy atom. The van der Waals surface area contributed by atoms with Crippen LogP contribution in [0.2, 0.25) is 0 Å². The van der Waals surface area contributed by atoms with Crippen LogP contribution in [-0.4, -0.2) is 12.1 Å². The molecule has 0 fully saturated rings. The summed E-state index contributed by atoms with van der Waals surface area (Å²) in [5, 5.41) is 10.4. The van der Waals surface area contributed by atoms with Crippen molar-refractivity contribution in [3.05, 3.63) is 11.7 Å². The van der Waals surface area contributed by atoms with E-state index in [-0.39, 0.29) is 0 Å². The first kappa shape index (κ1) is 13.9. The van der Waals surface area contributed by atoms with Crippen molar-refractivity contribution in [3.8, 4) is 0 Å². The Labute approximate surface area is 82.4 Å². The standard InChI is InChI=1S/C8H9F5O2/c1-7(2,6(14)15)3-4(5(9)10)8(11,12)13/h3H2,1-2H3,(H,14,15)/p-1. The van der Waals surface area contributed by atoms with Crippen LogP contribution < -0.4 is 5.11 Å². The second-order valence-corrected chi connectivity index (χ2v) is 3.58. The van der Waals surface area contributed by atoms with Gasteiger partial charge in [-0.2, -0.15) is 22.0 Å². The molecule has 0 aliphatic heterocycles. The van der Waals surface area contributed by atoms with Crippen molar-refractivity contribution < 1.29 is 31.9 Å². The highest BCUT2D eigenvalue weighted by molar-refractivity contribution is 5.71. The van der Waals surface area contributed by atoms with Gasteiger partial charge in [0.15, 0.2) is 0 Å². The predicted molar refractivity (Wildman–Crippen MR) is 38.7 cm³/mol. The molecule has 0 heterocycles. The van der Waals surface area contributed by atoms with Crippen LogP contribution in [0.15, 0.2) is 11.7 Å². The zero-order chi connectivity index (χ0) is 12.4. The van der Waals surface area contributed by atoms with Crippen LogP contribution in [0.3, 0.4) is 0 Å². The number of carbonyl (C=O) groups is 1. The fourth-order valence-electron chi connectivity index (χ4n) is 0.788. The van der Waals surface area contributed by atoms with Crippen LogP contribution in [0, 0.1) is 5.41 Å². The monoisotopic (exact) mass is 231 g/mol. The summed E-state index contributed by atoms with van der Waals surface area (Å²) < 4.78 is 59.9. The molecule has 0 radical (unpaired) electrons. The second-order valence-electron chi connectivity index (χ2n) is 3.58. The number of carboxylic acid groups (broad SMARTS) is 1. The molecule has 15 heavy (non-hydrogen) atoms. The quantitative estimate of drug-likeness (QED) is 0.695. The topological polar surface area (TPSA) is 40.1 Å². The minimum absolute atomic E-state index is 0.886. The Bertz CT molecular complexity index is 286. The summed E-state index contributed by atoms with van der Waals surface area (Å²) in [4.78, 5) is 10.4. The molecular weight excluding hydrogens is 223 g/mol. The van der Waals surface area contributed by atoms with Gasteiger partial charge in [0.25, 0.3) is 6.08 Å². The molecule has 0 aromatic carbocycles. The SMILES string of the molecule is CC(C)(CC(=C(F)F)C(F)(F)F)C(=O)[O-]. The molecule has 0 amide bonds. The summed E-state index contributed by atoms with van der Waals surface area (Å²) >= 11 is 0. The molecule has 0 saturated heterocycles. The Morgan fingerprint density at radius 1 is 1.20 bits per heavy atom. The smallest absolute Gasteiger partial charge is 0.417 e. The third-order valence-electron chi connectivity index (χ3n) is 1.74. The van der Waals surface area contributed by atoms with Crippen LogP contribution >= 0.6 is 0 Å². The van der Waals surface area contributed by atoms with E-state index < -0.39 is 35.6 Å². The lowest BCUT2D eigenvalue weighted by Gasteiger charge is -2.27. The van der Waals surface area contributed by atoms with Crippen molar-refractivity contribution in [2.24, 2.45) is 5.41 Å². The van der Waals surface area contributed by atoms with E-state index >= 15 is 0 Å². The summed E-state index contributed by atoms with van der Waals surface area (Å²) in [6.45, 7) is 1.77. The number of alkyl halides is 3. The molecule has 0 bridgehead atoms. The van der Waals surface area contributed by atoms with Gasteiger partial charge in [-0.15, -0.1) is 0 Å². The Balaban J connectivity index is 5.07. The highest BCUT2D eigenvalue weighted by atomic mass is 19.4. The summed E-state index contributed by atoms with van der Waals surface area (Å²) in [5.74, 6) is -1.81. The lowest BCUT2D eigenvalue weighted by molar-refractivity contribution is -0.317. The van der Waals surface area contributed by atoms with E-state index in [1.807, 2.05) is 0 Å². The Hall–Kier alpha value is -1.14. The summed E-state index contributed by atoms with van der Waals surface area (Å²) in [6, 6.07) is 0. The molecule has 0 rings (SSSR count). The van der Waals surface area contributed by atoms with Crippen LogP contribution in [0.25, 0.3) is 0 Å². The molecule has 0 spiro atoms. The van der Waals surface area contributed by atoms with E-state index in [1.165, 1.54) is 0 Å². The van der Waals surface area contributed by atoms with Crippen molar-refractivity contribution in [3.63, 3.8) is 0 Å². The van der Waals surface area contributed by atoms with E-state index in [4.69, 9.17) is 0 Å². The van der Waals surface area contributed by atoms with Gasteiger partial charge in [0.1, 0.15) is 0 Å². The van der Waals surface area contributed by atoms with Crippen molar-refractivity contribution in [2.45, 2.75) is 26.4 Å². The van der Waals surface area contributed by atoms with Crippen LogP contribution in [0.5, 0.6) is 0 Å². The minimum Gasteiger partial charge on any atom is -0.550 e. The lowest BCUT2D eigenvalue weighted by atomic mass is 9.86. The van der Waals surface area contributed by atoms with Gasteiger partial charge in [-0.1, -0.05) is 13.8 Å². The van der Waals surface area contributed by atoms with Crippen LogP contribution in [-0.2, 0) is 4.79 Å². The molecule has 7 heteroatoms. The van der Waals surface area contributed by atoms with Gasteiger partial charge in [0.05, 0.1) is 5.57 Å². The van der Waals surface area contributed by atoms with Crippen molar-refractivity contribution in [1.29, 1.82) is 0 Å². The number of rotatable bonds is 3. The maximum Gasteiger partial charge on any atom is 0.417 e. The molecule has 2 nitrogen and oxygen atoms in total. The van der Waals surface area contributed by atoms with Gasteiger partial charge >= 0.3 is 6.18 Å². The zero-order valence-electron chi connectivity index (χ0n) is 7.91. The summed E-state index contributed by atoms with van der Waals surface area (Å²) in [5.41, 5.74) is -4.12. The molecule has 0 aliphatic carbocycles. The second kappa shape index (κ2) is 4.16. The predicted octanol–water partition coefficient (Wildman–Crippen LogP) is 1.87. The van der Waals surface area contributed by atoms with E-state index in [1.54, 1.807) is 0 Å². The van der Waals surface area contributed by atoms with Gasteiger partial charge in [0.2, 0.25) is 0 Å². The first-order chi connectivity index (χ1) is 6.48. The van der Waals surface area contributed by atoms with Gasteiger partial charge in [-0.3, -0.25) is 0 Å². The normalized spacial score (nSPS) is 12.5. The maximum absolute atomic E-state index is 12.0. The molecule has 0 aromatic rings. The number of carbonyl (C=O) groups excluding carboxylic acids is 1. The van der Waals surface area contributed by atoms with Gasteiger partial charge in [-0.05, 0) is 6.42 Å². The highest BCUT2D eigenvalue weighted by Crippen LogP contribution is 2.37. The fourth-order valence-corrected chi connectivity index (χ4v) is 0.788. The van der Waals surface area contributed by atoms with Crippen LogP contribution in [0.4, 0.5) is 22.0 Å². The van der Waals surface area contributed by atoms with Crippen molar-refractivity contribution in [2.75, 3.05) is 0 Å². The first-order valence-corrected chi connectivity index (χ1v) is 3.81. The average molecular weight is 231 g/mol. The highest BCUT2D eigenvalue weighted by Gasteiger charge is 2.41. The van der Waals surface area contributed by atoms with E-state index in [0.29, 0.717) is 0 Å². The minimum atomic E-state index is -5.23. The maximum atomic E-state index is 12.0. The molecule has 0 atom stereocenters. The average Bonchev–Trinajstić information content (AvgIpc) is 1.97. The molecule has 0 aromatic heterocycles. The third kappa shape index (κ3) is 3.85. The number of halogens is 5. The molecular formula is C8H8F5O2-. The van der Waals surface area contributed by atoms with Gasteiger partial charge in [-0.25, -0.2) is 0 Å². The summed E-state index contributed by atoms with van der Waals surface area (Å²) in [7, 11) is 0. The van der Waals surface area contributed by atoms with Gasteiger partial charge < -0.3 is 9.90 Å². The van der Waals surface area contributed by atoms with E-state index in [2.05, 4.69) is 0 Å². The first-order valence-electron chi connectivity index (χ1n) is 3.81. The number of aliphatic carboxylic acids is 1. The number of allylic oxidation sites excluding steroid dienone is 1. The van der Waals surface area contributed by atoms with E-state index in [9.17, 15) is 31.9 Å². The molecule has 88 valence electrons. The van der Waals surface area contributed by atoms with Crippen LogP contribution in [0.1, 0.15) is 20.3 Å². The van der Waals surface area contributed by atoms with E-state index in [0.717, 1.165) is 13.8 Å². The van der Waals surface area contributed by atoms with Gasteiger partial charge in [0, 0.05) is 11.4 Å². The number of hydrogen-bond donors (Lipinski definition) is 0. The molecule has 0 unspecified atom stereocenters. The summed E-state index contributed by atoms with van der Waals surface area (Å²) in [6.07, 6.45) is -9.47. The molecule has 0 saturated carbocycles. The Kier molecular flexibility index (Phi) is 3.84. The zero-order valence-corrected chi connectivity index (χ0v) is 7.91. The lowest BCUT2D eigenvalue weighted by Crippen LogP contribution is -2.39. The van der Waals surface area contributed by atoms with Crippen molar-refractivity contribution >= 4 is 5.97 Å². The molecule has 0 aliphatic rings. The molecule has 0 N–H and O–H groups in total. The third-order valence-corrected chi connectivity index (χ3v) is 1.74. The largest absolute Gasteiger partial charge is 0.550 e. The number of hydrogen-bond acceptors (Lipinski definition) is 2.